The van der Waals surface area contributed by atoms with Crippen LogP contribution in [0.15, 0.2) is 59.5 Å². The van der Waals surface area contributed by atoms with Crippen molar-refractivity contribution in [2.24, 2.45) is 0 Å². The molecule has 2 aromatic carbocycles. The zero-order valence-electron chi connectivity index (χ0n) is 21.0. The van der Waals surface area contributed by atoms with Crippen molar-refractivity contribution in [1.82, 2.24) is 4.98 Å². The lowest BCUT2D eigenvalue weighted by atomic mass is 9.95. The number of hydrogen-bond donors (Lipinski definition) is 1. The Balaban J connectivity index is 1.67. The minimum absolute atomic E-state index is 0.219. The fourth-order valence-corrected chi connectivity index (χ4v) is 6.43. The zero-order valence-corrected chi connectivity index (χ0v) is 22.6. The number of benzene rings is 2. The maximum absolute atomic E-state index is 13.9. The third-order valence-electron chi connectivity index (χ3n) is 6.86. The molecule has 1 saturated carbocycles. The summed E-state index contributed by atoms with van der Waals surface area (Å²) in [6, 6.07) is 7.52. The first-order valence-electron chi connectivity index (χ1n) is 11.9. The van der Waals surface area contributed by atoms with E-state index in [9.17, 15) is 56.3 Å². The summed E-state index contributed by atoms with van der Waals surface area (Å²) in [7, 11) is -11.3. The highest BCUT2D eigenvalue weighted by atomic mass is 32.2. The summed E-state index contributed by atoms with van der Waals surface area (Å²) in [4.78, 5) is 2.79. The normalized spacial score (nSPS) is 16.9. The Bertz CT molecular complexity index is 1800. The molecular formula is C24H16F9N3O5S2. The van der Waals surface area contributed by atoms with Crippen molar-refractivity contribution in [3.05, 3.63) is 71.4 Å². The molecule has 0 saturated heterocycles. The van der Waals surface area contributed by atoms with E-state index in [1.807, 2.05) is 0 Å². The van der Waals surface area contributed by atoms with Crippen molar-refractivity contribution < 1.29 is 60.5 Å². The summed E-state index contributed by atoms with van der Waals surface area (Å²) in [5.74, 6) is -1.72. The number of nitrogens with zero attached hydrogens (tertiary/aromatic N) is 2. The molecule has 8 nitrogen and oxygen atoms in total. The smallest absolute Gasteiger partial charge is 0.374 e. The van der Waals surface area contributed by atoms with E-state index in [2.05, 4.69) is 14.5 Å². The van der Waals surface area contributed by atoms with Crippen LogP contribution in [0, 0.1) is 0 Å². The first-order chi connectivity index (χ1) is 19.7. The lowest BCUT2D eigenvalue weighted by Crippen LogP contribution is -2.33. The number of aromatic nitrogens is 1. The Morgan fingerprint density at radius 3 is 2.00 bits per heavy atom. The summed E-state index contributed by atoms with van der Waals surface area (Å²) in [5.41, 5.74) is -11.3. The van der Waals surface area contributed by atoms with E-state index in [0.717, 1.165) is 42.5 Å². The molecule has 5 rings (SSSR count). The van der Waals surface area contributed by atoms with E-state index >= 15 is 0 Å². The number of nitrogens with one attached hydrogen (secondary N) is 1. The lowest BCUT2D eigenvalue weighted by Gasteiger charge is -2.26. The third-order valence-corrected chi connectivity index (χ3v) is 9.58. The fourth-order valence-electron chi connectivity index (χ4n) is 4.50. The van der Waals surface area contributed by atoms with Gasteiger partial charge in [0, 0.05) is 5.56 Å². The lowest BCUT2D eigenvalue weighted by molar-refractivity contribution is -0.160. The van der Waals surface area contributed by atoms with Gasteiger partial charge in [-0.05, 0) is 48.7 Å². The zero-order chi connectivity index (χ0) is 31.8. The van der Waals surface area contributed by atoms with Gasteiger partial charge in [0.2, 0.25) is 0 Å². The quantitative estimate of drug-likeness (QED) is 0.192. The summed E-state index contributed by atoms with van der Waals surface area (Å²) < 4.78 is 176. The average Bonchev–Trinajstić information content (AvgIpc) is 3.71. The van der Waals surface area contributed by atoms with Crippen LogP contribution in [-0.4, -0.2) is 33.5 Å². The van der Waals surface area contributed by atoms with Gasteiger partial charge in [-0.1, -0.05) is 24.3 Å². The van der Waals surface area contributed by atoms with Crippen LogP contribution in [0.2, 0.25) is 0 Å². The minimum Gasteiger partial charge on any atom is -0.374 e. The van der Waals surface area contributed by atoms with Crippen molar-refractivity contribution in [2.75, 3.05) is 9.62 Å². The molecule has 0 amide bonds. The van der Waals surface area contributed by atoms with Gasteiger partial charge in [0.05, 0.1) is 22.5 Å². The maximum atomic E-state index is 13.9. The van der Waals surface area contributed by atoms with Gasteiger partial charge in [0.25, 0.3) is 10.0 Å². The monoisotopic (exact) mass is 661 g/mol. The first kappa shape index (κ1) is 30.7. The number of alkyl halides is 9. The van der Waals surface area contributed by atoms with Gasteiger partial charge >= 0.3 is 28.0 Å². The van der Waals surface area contributed by atoms with Crippen LogP contribution in [0.4, 0.5) is 56.7 Å². The summed E-state index contributed by atoms with van der Waals surface area (Å²) >= 11 is 0. The molecule has 19 heteroatoms. The van der Waals surface area contributed by atoms with Gasteiger partial charge in [-0.3, -0.25) is 4.31 Å². The molecule has 1 N–H and O–H groups in total. The number of pyridine rings is 1. The number of fused-ring (bicyclic) bond motifs is 2. The molecule has 0 bridgehead atoms. The molecule has 0 unspecified atom stereocenters. The predicted molar refractivity (Wildman–Crippen MR) is 131 cm³/mol. The van der Waals surface area contributed by atoms with Crippen LogP contribution < -0.4 is 13.8 Å². The van der Waals surface area contributed by atoms with Gasteiger partial charge in [-0.2, -0.15) is 47.9 Å². The highest BCUT2D eigenvalue weighted by Gasteiger charge is 2.64. The van der Waals surface area contributed by atoms with Crippen molar-refractivity contribution in [3.8, 4) is 5.75 Å². The van der Waals surface area contributed by atoms with Crippen LogP contribution >= 0.6 is 0 Å². The Morgan fingerprint density at radius 1 is 0.837 bits per heavy atom. The highest BCUT2D eigenvalue weighted by Crippen LogP contribution is 2.59. The Labute approximate surface area is 237 Å². The maximum Gasteiger partial charge on any atom is 0.534 e. The molecule has 43 heavy (non-hydrogen) atoms. The topological polar surface area (TPSA) is 106 Å². The molecule has 2 heterocycles. The van der Waals surface area contributed by atoms with E-state index in [1.54, 1.807) is 0 Å². The summed E-state index contributed by atoms with van der Waals surface area (Å²) in [6.45, 7) is -0.899. The number of sulfonamides is 1. The second kappa shape index (κ2) is 9.63. The van der Waals surface area contributed by atoms with Crippen molar-refractivity contribution in [2.45, 2.75) is 47.6 Å². The van der Waals surface area contributed by atoms with E-state index in [-0.39, 0.29) is 24.0 Å². The Kier molecular flexibility index (Phi) is 6.88. The predicted octanol–water partition coefficient (Wildman–Crippen LogP) is 6.38. The molecule has 1 aliphatic heterocycles. The number of hydrogen-bond acceptors (Lipinski definition) is 7. The number of halogens is 9. The standard InChI is InChI=1S/C24H16F9N3O5S2/c25-22(26,27)18-9-4-13-12-36(42(37,38)15-7-5-14(6-8-15)21(10-11-21)23(28,29)30)19-16(34-20(13)35-18)2-1-3-17(19)41-43(39,40)24(31,32)33/h1-9H,10-12H2,(H,34,35). The molecule has 1 aromatic heterocycles. The van der Waals surface area contributed by atoms with Gasteiger partial charge in [0.15, 0.2) is 5.75 Å². The molecule has 0 atom stereocenters. The SMILES string of the molecule is O=S(=O)(c1ccc(C2(C(F)(F)F)CC2)cc1)N1Cc2ccc(C(F)(F)F)nc2Nc2cccc(OS(=O)(=O)C(F)(F)F)c21. The molecule has 0 radical (unpaired) electrons. The van der Waals surface area contributed by atoms with Gasteiger partial charge in [-0.15, -0.1) is 0 Å². The van der Waals surface area contributed by atoms with E-state index < -0.39 is 83.5 Å². The number of anilines is 3. The van der Waals surface area contributed by atoms with Crippen molar-refractivity contribution in [1.29, 1.82) is 0 Å². The second-order valence-corrected chi connectivity index (χ2v) is 13.0. The number of para-hydroxylation sites is 1. The van der Waals surface area contributed by atoms with Crippen LogP contribution in [0.25, 0.3) is 0 Å². The van der Waals surface area contributed by atoms with Gasteiger partial charge in [-0.25, -0.2) is 13.4 Å². The van der Waals surface area contributed by atoms with Crippen LogP contribution in [0.5, 0.6) is 5.75 Å². The van der Waals surface area contributed by atoms with Crippen LogP contribution in [-0.2, 0) is 38.3 Å². The molecule has 1 aliphatic carbocycles. The molecule has 3 aromatic rings. The van der Waals surface area contributed by atoms with E-state index in [1.165, 1.54) is 0 Å². The molecule has 0 spiro atoms. The average molecular weight is 662 g/mol. The second-order valence-electron chi connectivity index (χ2n) is 9.58. The largest absolute Gasteiger partial charge is 0.534 e. The molecule has 1 fully saturated rings. The Hall–Kier alpha value is -3.74. The van der Waals surface area contributed by atoms with Gasteiger partial charge in [0.1, 0.15) is 17.2 Å². The van der Waals surface area contributed by atoms with Crippen LogP contribution in [0.1, 0.15) is 29.7 Å². The van der Waals surface area contributed by atoms with Crippen LogP contribution in [0.3, 0.4) is 0 Å². The number of rotatable bonds is 5. The molecular weight excluding hydrogens is 645 g/mol. The van der Waals surface area contributed by atoms with E-state index in [0.29, 0.717) is 16.4 Å². The molecule has 232 valence electrons. The molecule has 2 aliphatic rings. The summed E-state index contributed by atoms with van der Waals surface area (Å²) in [6.07, 6.45) is -10.0. The first-order valence-corrected chi connectivity index (χ1v) is 14.7. The fraction of sp³-hybridized carbons (Fsp3) is 0.292. The Morgan fingerprint density at radius 2 is 1.47 bits per heavy atom. The highest BCUT2D eigenvalue weighted by molar-refractivity contribution is 7.92. The minimum atomic E-state index is -6.37. The third kappa shape index (κ3) is 5.32. The van der Waals surface area contributed by atoms with Gasteiger partial charge < -0.3 is 9.50 Å². The van der Waals surface area contributed by atoms with E-state index in [4.69, 9.17) is 0 Å². The van der Waals surface area contributed by atoms with Crippen molar-refractivity contribution in [3.63, 3.8) is 0 Å². The summed E-state index contributed by atoms with van der Waals surface area (Å²) in [5, 5.41) is 2.39. The van der Waals surface area contributed by atoms with Crippen molar-refractivity contribution >= 4 is 37.3 Å².